The van der Waals surface area contributed by atoms with Gasteiger partial charge in [0.05, 0.1) is 4.90 Å². The van der Waals surface area contributed by atoms with Crippen molar-refractivity contribution in [3.8, 4) is 17.2 Å². The molecule has 0 aliphatic carbocycles. The van der Waals surface area contributed by atoms with Crippen LogP contribution in [0.25, 0.3) is 0 Å². The molecular weight excluding hydrogens is 411 g/mol. The van der Waals surface area contributed by atoms with Crippen LogP contribution in [0.3, 0.4) is 0 Å². The van der Waals surface area contributed by atoms with Crippen LogP contribution in [0.2, 0.25) is 0 Å². The molecule has 0 saturated carbocycles. The number of hydrogen-bond donors (Lipinski definition) is 1. The standard InChI is InChI=1S/C23H32O5S.Na/c1-2-3-4-5-6-7-8-9-10-12-19-15-16-22(24)23(17-19)28-20-13-11-14-21(18-20)29(25,26)27;/h11,13-18,24H,2-10,12H2,1H3,(H,25,26,27);/q;+1/p-1. The molecule has 30 heavy (non-hydrogen) atoms. The molecule has 0 unspecified atom stereocenters. The van der Waals surface area contributed by atoms with Gasteiger partial charge in [-0.3, -0.25) is 4.55 Å². The summed E-state index contributed by atoms with van der Waals surface area (Å²) in [7, 11) is -4.32. The summed E-state index contributed by atoms with van der Waals surface area (Å²) in [6, 6.07) is 10.5. The van der Waals surface area contributed by atoms with Crippen molar-refractivity contribution in [3.63, 3.8) is 0 Å². The number of hydrogen-bond acceptors (Lipinski definition) is 4. The fourth-order valence-corrected chi connectivity index (χ4v) is 3.77. The van der Waals surface area contributed by atoms with Crippen LogP contribution in [-0.2, 0) is 16.5 Å². The van der Waals surface area contributed by atoms with Gasteiger partial charge in [-0.1, -0.05) is 82.2 Å². The Kier molecular flexibility index (Phi) is 12.7. The number of ether oxygens (including phenoxy) is 1. The van der Waals surface area contributed by atoms with Crippen LogP contribution in [-0.4, -0.2) is 13.0 Å². The summed E-state index contributed by atoms with van der Waals surface area (Å²) in [5.74, 6) is 0.0847. The molecule has 0 saturated heterocycles. The van der Waals surface area contributed by atoms with Crippen LogP contribution in [0.15, 0.2) is 47.4 Å². The zero-order valence-electron chi connectivity index (χ0n) is 18.1. The molecule has 0 aliphatic heterocycles. The quantitative estimate of drug-likeness (QED) is 0.293. The minimum absolute atomic E-state index is 0. The van der Waals surface area contributed by atoms with Gasteiger partial charge in [0, 0.05) is 6.07 Å². The Balaban J connectivity index is 0.00000450. The van der Waals surface area contributed by atoms with E-state index in [0.29, 0.717) is 0 Å². The minimum Gasteiger partial charge on any atom is -0.870 e. The van der Waals surface area contributed by atoms with E-state index in [1.54, 1.807) is 12.1 Å². The molecule has 0 heterocycles. The topological polar surface area (TPSA) is 86.7 Å². The van der Waals surface area contributed by atoms with Gasteiger partial charge in [-0.25, -0.2) is 0 Å². The van der Waals surface area contributed by atoms with E-state index in [1.165, 1.54) is 75.6 Å². The minimum atomic E-state index is -4.32. The van der Waals surface area contributed by atoms with Gasteiger partial charge < -0.3 is 9.84 Å². The predicted octanol–water partition coefficient (Wildman–Crippen LogP) is 2.88. The van der Waals surface area contributed by atoms with Crippen LogP contribution in [0.1, 0.15) is 70.3 Å². The summed E-state index contributed by atoms with van der Waals surface area (Å²) in [6.45, 7) is 2.23. The van der Waals surface area contributed by atoms with Crippen molar-refractivity contribution in [3.05, 3.63) is 48.0 Å². The van der Waals surface area contributed by atoms with Crippen LogP contribution >= 0.6 is 0 Å². The Labute approximate surface area is 202 Å². The van der Waals surface area contributed by atoms with Crippen molar-refractivity contribution in [2.45, 2.75) is 76.0 Å². The van der Waals surface area contributed by atoms with Crippen LogP contribution in [0.5, 0.6) is 17.2 Å². The summed E-state index contributed by atoms with van der Waals surface area (Å²) >= 11 is 0. The molecule has 0 amide bonds. The molecule has 7 heteroatoms. The van der Waals surface area contributed by atoms with Crippen LogP contribution < -0.4 is 39.4 Å². The zero-order valence-corrected chi connectivity index (χ0v) is 20.9. The van der Waals surface area contributed by atoms with Gasteiger partial charge in [0.2, 0.25) is 0 Å². The first-order valence-corrected chi connectivity index (χ1v) is 11.9. The average Bonchev–Trinajstić information content (AvgIpc) is 2.68. The third-order valence-corrected chi connectivity index (χ3v) is 5.76. The molecule has 5 nitrogen and oxygen atoms in total. The Hall–Kier alpha value is -1.05. The number of benzene rings is 2. The molecule has 0 spiro atoms. The molecule has 2 rings (SSSR count). The van der Waals surface area contributed by atoms with Crippen molar-refractivity contribution in [1.82, 2.24) is 0 Å². The molecule has 0 aliphatic rings. The summed E-state index contributed by atoms with van der Waals surface area (Å²) in [5.41, 5.74) is 1.02. The third-order valence-electron chi connectivity index (χ3n) is 4.91. The van der Waals surface area contributed by atoms with Gasteiger partial charge in [-0.2, -0.15) is 8.42 Å². The SMILES string of the molecule is CCCCCCCCCCCc1ccc([O-])c(Oc2cccc(S(=O)(=O)O)c2)c1.[Na+]. The summed E-state index contributed by atoms with van der Waals surface area (Å²) in [5, 5.41) is 12.1. The van der Waals surface area contributed by atoms with Gasteiger partial charge in [0.1, 0.15) is 11.5 Å². The second-order valence-corrected chi connectivity index (χ2v) is 8.83. The smallest absolute Gasteiger partial charge is 0.870 e. The van der Waals surface area contributed by atoms with Crippen molar-refractivity contribution < 1.29 is 52.4 Å². The van der Waals surface area contributed by atoms with Crippen LogP contribution in [0, 0.1) is 0 Å². The first-order valence-electron chi connectivity index (χ1n) is 10.5. The number of unbranched alkanes of at least 4 members (excludes halogenated alkanes) is 8. The molecule has 2 aromatic carbocycles. The monoisotopic (exact) mass is 442 g/mol. The van der Waals surface area contributed by atoms with Gasteiger partial charge in [0.15, 0.2) is 0 Å². The fraction of sp³-hybridized carbons (Fsp3) is 0.478. The van der Waals surface area contributed by atoms with E-state index in [9.17, 15) is 13.5 Å². The predicted molar refractivity (Wildman–Crippen MR) is 113 cm³/mol. The van der Waals surface area contributed by atoms with Crippen molar-refractivity contribution >= 4 is 10.1 Å². The van der Waals surface area contributed by atoms with E-state index >= 15 is 0 Å². The Morgan fingerprint density at radius 2 is 1.53 bits per heavy atom. The Bertz CT molecular complexity index is 868. The van der Waals surface area contributed by atoms with E-state index in [-0.39, 0.29) is 51.7 Å². The van der Waals surface area contributed by atoms with E-state index in [1.807, 2.05) is 6.07 Å². The second-order valence-electron chi connectivity index (χ2n) is 7.41. The molecule has 0 bridgehead atoms. The first-order chi connectivity index (χ1) is 13.9. The molecule has 0 radical (unpaired) electrons. The summed E-state index contributed by atoms with van der Waals surface area (Å²) < 4.78 is 37.2. The molecule has 1 N–H and O–H groups in total. The largest absolute Gasteiger partial charge is 1.00 e. The first kappa shape index (κ1) is 27.0. The molecule has 0 atom stereocenters. The maximum absolute atomic E-state index is 12.1. The second kappa shape index (κ2) is 14.1. The molecule has 0 fully saturated rings. The van der Waals surface area contributed by atoms with Gasteiger partial charge in [-0.15, -0.1) is 0 Å². The van der Waals surface area contributed by atoms with Crippen molar-refractivity contribution in [1.29, 1.82) is 0 Å². The van der Waals surface area contributed by atoms with E-state index in [4.69, 9.17) is 9.29 Å². The number of aryl methyl sites for hydroxylation is 1. The number of rotatable bonds is 13. The summed E-state index contributed by atoms with van der Waals surface area (Å²) in [6.07, 6.45) is 12.2. The van der Waals surface area contributed by atoms with Crippen LogP contribution in [0.4, 0.5) is 0 Å². The van der Waals surface area contributed by atoms with E-state index in [2.05, 4.69) is 6.92 Å². The van der Waals surface area contributed by atoms with Gasteiger partial charge in [-0.05, 0) is 36.6 Å². The zero-order chi connectivity index (χ0) is 21.1. The average molecular weight is 443 g/mol. The van der Waals surface area contributed by atoms with Crippen molar-refractivity contribution in [2.24, 2.45) is 0 Å². The maximum atomic E-state index is 12.1. The maximum Gasteiger partial charge on any atom is 1.00 e. The molecule has 160 valence electrons. The molecular formula is C23H31NaO5S. The normalized spacial score (nSPS) is 11.1. The molecule has 2 aromatic rings. The van der Waals surface area contributed by atoms with Gasteiger partial charge >= 0.3 is 29.6 Å². The van der Waals surface area contributed by atoms with E-state index in [0.717, 1.165) is 18.4 Å². The fourth-order valence-electron chi connectivity index (χ4n) is 3.25. The third kappa shape index (κ3) is 9.84. The Morgan fingerprint density at radius 3 is 2.17 bits per heavy atom. The van der Waals surface area contributed by atoms with Crippen molar-refractivity contribution in [2.75, 3.05) is 0 Å². The summed E-state index contributed by atoms with van der Waals surface area (Å²) in [4.78, 5) is -0.270. The van der Waals surface area contributed by atoms with E-state index < -0.39 is 10.1 Å². The van der Waals surface area contributed by atoms with Gasteiger partial charge in [0.25, 0.3) is 10.1 Å². The Morgan fingerprint density at radius 1 is 0.900 bits per heavy atom. The molecule has 0 aromatic heterocycles.